The van der Waals surface area contributed by atoms with E-state index in [-0.39, 0.29) is 0 Å². The van der Waals surface area contributed by atoms with Crippen molar-refractivity contribution in [3.63, 3.8) is 0 Å². The topological polar surface area (TPSA) is 0 Å². The van der Waals surface area contributed by atoms with Gasteiger partial charge in [-0.1, -0.05) is 12.1 Å². The van der Waals surface area contributed by atoms with Crippen molar-refractivity contribution in [2.75, 3.05) is 21.1 Å². The van der Waals surface area contributed by atoms with Gasteiger partial charge in [-0.25, -0.2) is 0 Å². The third-order valence-electron chi connectivity index (χ3n) is 2.30. The van der Waals surface area contributed by atoms with Crippen molar-refractivity contribution in [2.24, 2.45) is 0 Å². The largest absolute Gasteiger partial charge is 0.298 e. The molecule has 0 aliphatic rings. The number of rotatable bonds is 1. The fourth-order valence-corrected chi connectivity index (χ4v) is 1.46. The zero-order chi connectivity index (χ0) is 9.35. The Bertz CT molecular complexity index is 282. The van der Waals surface area contributed by atoms with Crippen molar-refractivity contribution < 1.29 is 0 Å². The molecule has 1 rings (SSSR count). The molecule has 0 spiro atoms. The minimum atomic E-state index is 0.896. The molecule has 0 saturated heterocycles. The van der Waals surface area contributed by atoms with Crippen LogP contribution in [0.4, 0.5) is 5.69 Å². The maximum absolute atomic E-state index is 2.20. The molecule has 0 aliphatic heterocycles. The van der Waals surface area contributed by atoms with Crippen LogP contribution in [0.2, 0.25) is 0 Å². The molecule has 0 aliphatic carbocycles. The second kappa shape index (κ2) is 2.91. The first-order valence-corrected chi connectivity index (χ1v) is 4.31. The van der Waals surface area contributed by atoms with Gasteiger partial charge in [0.25, 0.3) is 0 Å². The van der Waals surface area contributed by atoms with Crippen LogP contribution in [0.1, 0.15) is 11.1 Å². The highest BCUT2D eigenvalue weighted by atomic mass is 15.3. The predicted molar refractivity (Wildman–Crippen MR) is 55.5 cm³/mol. The SMILES string of the molecule is Cc1cccc([N+](C)(C)C)c1C. The lowest BCUT2D eigenvalue weighted by Gasteiger charge is -2.25. The van der Waals surface area contributed by atoms with Crippen LogP contribution in [0.25, 0.3) is 0 Å². The summed E-state index contributed by atoms with van der Waals surface area (Å²) in [6.45, 7) is 4.35. The lowest BCUT2D eigenvalue weighted by Crippen LogP contribution is -2.35. The van der Waals surface area contributed by atoms with E-state index in [0.717, 1.165) is 4.48 Å². The van der Waals surface area contributed by atoms with Crippen molar-refractivity contribution in [3.05, 3.63) is 29.3 Å². The zero-order valence-corrected chi connectivity index (χ0v) is 8.68. The van der Waals surface area contributed by atoms with E-state index in [1.807, 2.05) is 0 Å². The third kappa shape index (κ3) is 1.67. The quantitative estimate of drug-likeness (QED) is 0.559. The Morgan fingerprint density at radius 1 is 1.00 bits per heavy atom. The van der Waals surface area contributed by atoms with Crippen LogP contribution >= 0.6 is 0 Å². The van der Waals surface area contributed by atoms with E-state index in [1.54, 1.807) is 0 Å². The summed E-state index contributed by atoms with van der Waals surface area (Å²) in [5.74, 6) is 0. The lowest BCUT2D eigenvalue weighted by atomic mass is 10.1. The molecule has 12 heavy (non-hydrogen) atoms. The fraction of sp³-hybridized carbons (Fsp3) is 0.455. The molecule has 1 aromatic carbocycles. The zero-order valence-electron chi connectivity index (χ0n) is 8.68. The summed E-state index contributed by atoms with van der Waals surface area (Å²) in [5.41, 5.74) is 4.18. The number of hydrogen-bond donors (Lipinski definition) is 0. The van der Waals surface area contributed by atoms with Gasteiger partial charge in [0.2, 0.25) is 0 Å². The van der Waals surface area contributed by atoms with Gasteiger partial charge in [0.05, 0.1) is 21.1 Å². The normalized spacial score (nSPS) is 11.8. The number of nitrogens with zero attached hydrogens (tertiary/aromatic N) is 1. The number of hydrogen-bond acceptors (Lipinski definition) is 0. The monoisotopic (exact) mass is 164 g/mol. The molecular weight excluding hydrogens is 146 g/mol. The van der Waals surface area contributed by atoms with Crippen molar-refractivity contribution in [3.8, 4) is 0 Å². The summed E-state index contributed by atoms with van der Waals surface area (Å²) in [4.78, 5) is 0. The summed E-state index contributed by atoms with van der Waals surface area (Å²) < 4.78 is 0.896. The molecular formula is C11H18N+. The number of benzene rings is 1. The van der Waals surface area contributed by atoms with Crippen LogP contribution in [0.5, 0.6) is 0 Å². The number of aryl methyl sites for hydroxylation is 1. The van der Waals surface area contributed by atoms with Crippen molar-refractivity contribution >= 4 is 5.69 Å². The Morgan fingerprint density at radius 3 is 2.00 bits per heavy atom. The van der Waals surface area contributed by atoms with E-state index in [1.165, 1.54) is 16.8 Å². The van der Waals surface area contributed by atoms with Gasteiger partial charge in [-0.05, 0) is 25.5 Å². The molecule has 1 nitrogen and oxygen atoms in total. The van der Waals surface area contributed by atoms with E-state index in [2.05, 4.69) is 53.2 Å². The van der Waals surface area contributed by atoms with Crippen LogP contribution in [-0.2, 0) is 0 Å². The lowest BCUT2D eigenvalue weighted by molar-refractivity contribution is 0.483. The van der Waals surface area contributed by atoms with Gasteiger partial charge < -0.3 is 0 Å². The molecule has 0 amide bonds. The van der Waals surface area contributed by atoms with Gasteiger partial charge in [-0.2, -0.15) is 0 Å². The van der Waals surface area contributed by atoms with Gasteiger partial charge in [-0.3, -0.25) is 4.48 Å². The average Bonchev–Trinajstić information content (AvgIpc) is 1.92. The molecule has 0 unspecified atom stereocenters. The molecule has 0 fully saturated rings. The van der Waals surface area contributed by atoms with Gasteiger partial charge in [0.1, 0.15) is 5.69 Å². The number of quaternary nitrogens is 1. The Labute approximate surface area is 75.2 Å². The van der Waals surface area contributed by atoms with E-state index >= 15 is 0 Å². The maximum atomic E-state index is 2.20. The highest BCUT2D eigenvalue weighted by Gasteiger charge is 2.15. The summed E-state index contributed by atoms with van der Waals surface area (Å²) in [5, 5.41) is 0. The van der Waals surface area contributed by atoms with E-state index in [4.69, 9.17) is 0 Å². The first-order chi connectivity index (χ1) is 5.43. The van der Waals surface area contributed by atoms with Crippen LogP contribution in [0.3, 0.4) is 0 Å². The third-order valence-corrected chi connectivity index (χ3v) is 2.30. The molecule has 0 bridgehead atoms. The Hall–Kier alpha value is -0.820. The van der Waals surface area contributed by atoms with Gasteiger partial charge >= 0.3 is 0 Å². The van der Waals surface area contributed by atoms with Gasteiger partial charge in [-0.15, -0.1) is 0 Å². The van der Waals surface area contributed by atoms with E-state index < -0.39 is 0 Å². The van der Waals surface area contributed by atoms with Crippen LogP contribution in [0.15, 0.2) is 18.2 Å². The van der Waals surface area contributed by atoms with Crippen molar-refractivity contribution in [1.29, 1.82) is 0 Å². The van der Waals surface area contributed by atoms with Gasteiger partial charge in [0, 0.05) is 5.56 Å². The standard InChI is InChI=1S/C11H18N/c1-9-7-6-8-11(10(9)2)12(3,4)5/h6-8H,1-5H3/q+1. The molecule has 0 aromatic heterocycles. The van der Waals surface area contributed by atoms with Crippen molar-refractivity contribution in [1.82, 2.24) is 4.48 Å². The van der Waals surface area contributed by atoms with E-state index in [9.17, 15) is 0 Å². The Balaban J connectivity index is 3.26. The maximum Gasteiger partial charge on any atom is 0.135 e. The summed E-state index contributed by atoms with van der Waals surface area (Å²) in [6, 6.07) is 6.48. The molecule has 0 saturated carbocycles. The summed E-state index contributed by atoms with van der Waals surface area (Å²) in [6.07, 6.45) is 0. The molecule has 66 valence electrons. The van der Waals surface area contributed by atoms with Crippen LogP contribution in [0, 0.1) is 13.8 Å². The van der Waals surface area contributed by atoms with Crippen molar-refractivity contribution in [2.45, 2.75) is 13.8 Å². The molecule has 0 atom stereocenters. The summed E-state index contributed by atoms with van der Waals surface area (Å²) >= 11 is 0. The molecule has 1 aromatic rings. The second-order valence-electron chi connectivity index (χ2n) is 4.23. The van der Waals surface area contributed by atoms with Gasteiger partial charge in [0.15, 0.2) is 0 Å². The van der Waals surface area contributed by atoms with Crippen LogP contribution in [-0.4, -0.2) is 21.1 Å². The Morgan fingerprint density at radius 2 is 1.58 bits per heavy atom. The molecule has 0 N–H and O–H groups in total. The molecule has 1 heteroatoms. The smallest absolute Gasteiger partial charge is 0.135 e. The minimum Gasteiger partial charge on any atom is -0.298 e. The molecule has 0 radical (unpaired) electrons. The summed E-state index contributed by atoms with van der Waals surface area (Å²) in [7, 11) is 6.59. The first-order valence-electron chi connectivity index (χ1n) is 4.31. The second-order valence-corrected chi connectivity index (χ2v) is 4.23. The fourth-order valence-electron chi connectivity index (χ4n) is 1.46. The Kier molecular flexibility index (Phi) is 2.25. The minimum absolute atomic E-state index is 0.896. The van der Waals surface area contributed by atoms with E-state index in [0.29, 0.717) is 0 Å². The first kappa shape index (κ1) is 9.27. The highest BCUT2D eigenvalue weighted by molar-refractivity contribution is 5.51. The predicted octanol–water partition coefficient (Wildman–Crippen LogP) is 2.50. The average molecular weight is 164 g/mol. The molecule has 0 heterocycles. The highest BCUT2D eigenvalue weighted by Crippen LogP contribution is 2.23. The van der Waals surface area contributed by atoms with Crippen LogP contribution < -0.4 is 4.48 Å².